The molecule has 52 heavy (non-hydrogen) atoms. The van der Waals surface area contributed by atoms with E-state index >= 15 is 0 Å². The van der Waals surface area contributed by atoms with Crippen molar-refractivity contribution in [1.29, 1.82) is 0 Å². The number of nitrogens with zero attached hydrogens (tertiary/aromatic N) is 3. The van der Waals surface area contributed by atoms with Crippen molar-refractivity contribution < 1.29 is 0 Å². The Morgan fingerprint density at radius 2 is 1.08 bits per heavy atom. The maximum Gasteiger partial charge on any atom is 0.135 e. The van der Waals surface area contributed by atoms with Crippen LogP contribution >= 0.6 is 0 Å². The molecular formula is C48H30N4. The van der Waals surface area contributed by atoms with Crippen molar-refractivity contribution in [2.24, 2.45) is 4.99 Å². The maximum atomic E-state index is 5.23. The quantitative estimate of drug-likeness (QED) is 0.201. The Kier molecular flexibility index (Phi) is 5.53. The molecular weight excluding hydrogens is 633 g/mol. The standard InChI is InChI=1S/C48H30N4/c1-2-12-29(13-3-1)30-22-24-31(25-23-30)47-49-39-19-9-6-17-35(39)48(50-47)52-42-27-33-15-5-4-14-32(33)26-38(42)44-43(52)28-37-34-16-7-10-20-40(34)51-41-21-11-8-18-36(41)45(44)46(37)51/h1-28,48H,(H,49,50). The Morgan fingerprint density at radius 1 is 0.442 bits per heavy atom. The van der Waals surface area contributed by atoms with Gasteiger partial charge >= 0.3 is 0 Å². The fourth-order valence-corrected chi connectivity index (χ4v) is 8.99. The minimum Gasteiger partial charge on any atom is -0.345 e. The zero-order chi connectivity index (χ0) is 33.9. The third-order valence-corrected chi connectivity index (χ3v) is 11.3. The van der Waals surface area contributed by atoms with Gasteiger partial charge in [-0.1, -0.05) is 133 Å². The zero-order valence-corrected chi connectivity index (χ0v) is 28.1. The summed E-state index contributed by atoms with van der Waals surface area (Å²) < 4.78 is 5.03. The molecule has 4 heterocycles. The highest BCUT2D eigenvalue weighted by Gasteiger charge is 2.30. The van der Waals surface area contributed by atoms with E-state index in [-0.39, 0.29) is 6.17 Å². The molecule has 0 saturated heterocycles. The van der Waals surface area contributed by atoms with Crippen molar-refractivity contribution in [2.75, 3.05) is 0 Å². The smallest absolute Gasteiger partial charge is 0.135 e. The molecule has 12 rings (SSSR count). The minimum absolute atomic E-state index is 0.201. The van der Waals surface area contributed by atoms with Crippen molar-refractivity contribution >= 4 is 82.2 Å². The molecule has 0 fully saturated rings. The van der Waals surface area contributed by atoms with Gasteiger partial charge in [-0.2, -0.15) is 0 Å². The highest BCUT2D eigenvalue weighted by atomic mass is 15.2. The summed E-state index contributed by atoms with van der Waals surface area (Å²) in [5.41, 5.74) is 11.8. The molecule has 0 aliphatic carbocycles. The lowest BCUT2D eigenvalue weighted by atomic mass is 10.0. The molecule has 8 aromatic carbocycles. The van der Waals surface area contributed by atoms with Crippen LogP contribution in [0, 0.1) is 0 Å². The van der Waals surface area contributed by atoms with Gasteiger partial charge in [0.1, 0.15) is 12.0 Å². The fourth-order valence-electron chi connectivity index (χ4n) is 8.99. The predicted octanol–water partition coefficient (Wildman–Crippen LogP) is 12.0. The molecule has 4 heteroatoms. The minimum atomic E-state index is -0.201. The van der Waals surface area contributed by atoms with Crippen molar-refractivity contribution in [3.05, 3.63) is 181 Å². The molecule has 1 atom stereocenters. The van der Waals surface area contributed by atoms with Crippen LogP contribution in [-0.4, -0.2) is 14.8 Å². The van der Waals surface area contributed by atoms with Gasteiger partial charge in [0, 0.05) is 43.4 Å². The van der Waals surface area contributed by atoms with E-state index in [1.54, 1.807) is 0 Å². The third-order valence-electron chi connectivity index (χ3n) is 11.3. The lowest BCUT2D eigenvalue weighted by Gasteiger charge is -2.30. The summed E-state index contributed by atoms with van der Waals surface area (Å²) in [6.45, 7) is 0. The average Bonchev–Trinajstić information content (AvgIpc) is 3.84. The van der Waals surface area contributed by atoms with Crippen LogP contribution in [0.1, 0.15) is 17.3 Å². The molecule has 0 saturated carbocycles. The topological polar surface area (TPSA) is 33.7 Å². The van der Waals surface area contributed by atoms with Crippen LogP contribution in [0.2, 0.25) is 0 Å². The first-order valence-electron chi connectivity index (χ1n) is 17.9. The van der Waals surface area contributed by atoms with Gasteiger partial charge in [0.25, 0.3) is 0 Å². The van der Waals surface area contributed by atoms with E-state index in [0.717, 1.165) is 22.6 Å². The van der Waals surface area contributed by atoms with Gasteiger partial charge in [0.2, 0.25) is 0 Å². The number of aromatic nitrogens is 2. The molecule has 0 amide bonds. The van der Waals surface area contributed by atoms with Crippen LogP contribution in [0.15, 0.2) is 175 Å². The molecule has 4 nitrogen and oxygen atoms in total. The lowest BCUT2D eigenvalue weighted by Crippen LogP contribution is -2.36. The van der Waals surface area contributed by atoms with Crippen molar-refractivity contribution in [1.82, 2.24) is 14.3 Å². The fraction of sp³-hybridized carbons (Fsp3) is 0.0208. The molecule has 0 radical (unpaired) electrons. The van der Waals surface area contributed by atoms with Crippen molar-refractivity contribution in [3.8, 4) is 11.1 Å². The second-order valence-corrected chi connectivity index (χ2v) is 14.0. The zero-order valence-electron chi connectivity index (χ0n) is 28.1. The van der Waals surface area contributed by atoms with Gasteiger partial charge in [0.15, 0.2) is 0 Å². The molecule has 11 aromatic rings. The van der Waals surface area contributed by atoms with Crippen LogP contribution in [0.25, 0.3) is 81.8 Å². The largest absolute Gasteiger partial charge is 0.345 e. The highest BCUT2D eigenvalue weighted by molar-refractivity contribution is 6.36. The van der Waals surface area contributed by atoms with Gasteiger partial charge in [-0.05, 0) is 58.3 Å². The Labute approximate surface area is 298 Å². The monoisotopic (exact) mass is 662 g/mol. The summed E-state index contributed by atoms with van der Waals surface area (Å²) in [6, 6.07) is 61.7. The summed E-state index contributed by atoms with van der Waals surface area (Å²) in [5.74, 6) is 0.867. The Bertz CT molecular complexity index is 3260. The Balaban J connectivity index is 1.18. The summed E-state index contributed by atoms with van der Waals surface area (Å²) in [4.78, 5) is 5.23. The summed E-state index contributed by atoms with van der Waals surface area (Å²) in [6.07, 6.45) is -0.201. The first-order valence-corrected chi connectivity index (χ1v) is 17.9. The second kappa shape index (κ2) is 10.3. The molecule has 1 aliphatic heterocycles. The van der Waals surface area contributed by atoms with Crippen molar-refractivity contribution in [3.63, 3.8) is 0 Å². The van der Waals surface area contributed by atoms with E-state index in [9.17, 15) is 0 Å². The van der Waals surface area contributed by atoms with Crippen LogP contribution in [0.4, 0.5) is 5.69 Å². The van der Waals surface area contributed by atoms with E-state index in [1.165, 1.54) is 81.8 Å². The Hall–Kier alpha value is -6.91. The number of rotatable bonds is 3. The van der Waals surface area contributed by atoms with E-state index in [1.807, 2.05) is 0 Å². The second-order valence-electron chi connectivity index (χ2n) is 14.0. The number of amidine groups is 1. The van der Waals surface area contributed by atoms with Gasteiger partial charge in [-0.3, -0.25) is 0 Å². The molecule has 3 aromatic heterocycles. The molecule has 1 unspecified atom stereocenters. The van der Waals surface area contributed by atoms with Crippen LogP contribution in [0.5, 0.6) is 0 Å². The number of hydrogen-bond donors (Lipinski definition) is 1. The first kappa shape index (κ1) is 27.9. The normalized spacial score (nSPS) is 14.6. The highest BCUT2D eigenvalue weighted by Crippen LogP contribution is 2.48. The van der Waals surface area contributed by atoms with E-state index in [2.05, 4.69) is 184 Å². The van der Waals surface area contributed by atoms with E-state index < -0.39 is 0 Å². The van der Waals surface area contributed by atoms with Crippen LogP contribution < -0.4 is 5.32 Å². The first-order chi connectivity index (χ1) is 25.8. The van der Waals surface area contributed by atoms with Crippen LogP contribution in [0.3, 0.4) is 0 Å². The number of hydrogen-bond acceptors (Lipinski definition) is 2. The number of aliphatic imine (C=N–C) groups is 1. The van der Waals surface area contributed by atoms with E-state index in [0.29, 0.717) is 0 Å². The number of benzene rings is 8. The molecule has 1 aliphatic rings. The molecule has 0 bridgehead atoms. The number of fused-ring (bicyclic) bond motifs is 12. The molecule has 242 valence electrons. The Morgan fingerprint density at radius 3 is 1.90 bits per heavy atom. The SMILES string of the molecule is c1ccc(-c2ccc(C3=Nc4ccccc4C(n4c5cc6ccccc6cc5c5c6c7ccccc7n7c8ccccc8c(cc54)c67)N3)cc2)cc1. The predicted molar refractivity (Wildman–Crippen MR) is 217 cm³/mol. The third kappa shape index (κ3) is 3.73. The molecule has 1 N–H and O–H groups in total. The summed E-state index contributed by atoms with van der Waals surface area (Å²) in [7, 11) is 0. The van der Waals surface area contributed by atoms with Crippen LogP contribution in [-0.2, 0) is 0 Å². The summed E-state index contributed by atoms with van der Waals surface area (Å²) in [5, 5.41) is 14.1. The van der Waals surface area contributed by atoms with Gasteiger partial charge in [0.05, 0.1) is 33.3 Å². The van der Waals surface area contributed by atoms with E-state index in [4.69, 9.17) is 4.99 Å². The maximum absolute atomic E-state index is 5.23. The van der Waals surface area contributed by atoms with Gasteiger partial charge < -0.3 is 14.3 Å². The van der Waals surface area contributed by atoms with Gasteiger partial charge in [-0.25, -0.2) is 4.99 Å². The summed E-state index contributed by atoms with van der Waals surface area (Å²) >= 11 is 0. The number of para-hydroxylation sites is 3. The van der Waals surface area contributed by atoms with Crippen molar-refractivity contribution in [2.45, 2.75) is 6.17 Å². The number of nitrogens with one attached hydrogen (secondary N) is 1. The lowest BCUT2D eigenvalue weighted by molar-refractivity contribution is 0.578. The molecule has 0 spiro atoms. The average molecular weight is 663 g/mol. The van der Waals surface area contributed by atoms with Gasteiger partial charge in [-0.15, -0.1) is 0 Å².